The predicted molar refractivity (Wildman–Crippen MR) is 53.5 cm³/mol. The molecule has 1 heterocycles. The number of pyridine rings is 1. The van der Waals surface area contributed by atoms with E-state index in [1.807, 2.05) is 0 Å². The minimum absolute atomic E-state index is 0.0353. The van der Waals surface area contributed by atoms with E-state index in [1.54, 1.807) is 6.92 Å². The fourth-order valence-electron chi connectivity index (χ4n) is 0.828. The van der Waals surface area contributed by atoms with Crippen LogP contribution < -0.4 is 4.74 Å². The molecule has 0 saturated carbocycles. The van der Waals surface area contributed by atoms with Crippen LogP contribution in [-0.2, 0) is 9.05 Å². The zero-order valence-corrected chi connectivity index (χ0v) is 9.53. The quantitative estimate of drug-likeness (QED) is 0.777. The minimum atomic E-state index is -3.88. The summed E-state index contributed by atoms with van der Waals surface area (Å²) in [7, 11) is 1.29. The smallest absolute Gasteiger partial charge is 0.266 e. The highest BCUT2D eigenvalue weighted by Gasteiger charge is 2.18. The van der Waals surface area contributed by atoms with Crippen molar-refractivity contribution in [3.63, 3.8) is 0 Å². The molecule has 0 saturated heterocycles. The number of hydrogen-bond acceptors (Lipinski definition) is 4. The second-order valence-corrected chi connectivity index (χ2v) is 5.30. The zero-order valence-electron chi connectivity index (χ0n) is 7.20. The van der Waals surface area contributed by atoms with Crippen LogP contribution in [-0.4, -0.2) is 20.0 Å². The van der Waals surface area contributed by atoms with Crippen molar-refractivity contribution >= 4 is 31.3 Å². The Morgan fingerprint density at radius 2 is 2.21 bits per heavy atom. The normalized spacial score (nSPS) is 11.4. The molecule has 0 spiro atoms. The predicted octanol–water partition coefficient (Wildman–Crippen LogP) is 2.06. The van der Waals surface area contributed by atoms with Crippen LogP contribution in [0.5, 0.6) is 5.88 Å². The minimum Gasteiger partial charge on any atom is -0.477 e. The van der Waals surface area contributed by atoms with Crippen LogP contribution in [0.2, 0.25) is 5.02 Å². The van der Waals surface area contributed by atoms with Crippen LogP contribution in [0.4, 0.5) is 0 Å². The van der Waals surface area contributed by atoms with Gasteiger partial charge in [-0.15, -0.1) is 0 Å². The summed E-state index contributed by atoms with van der Waals surface area (Å²) in [4.78, 5) is 3.50. The molecule has 1 rings (SSSR count). The monoisotopic (exact) mass is 255 g/mol. The molecule has 78 valence electrons. The maximum atomic E-state index is 11.1. The van der Waals surface area contributed by atoms with E-state index in [0.717, 1.165) is 0 Å². The summed E-state index contributed by atoms with van der Waals surface area (Å²) in [6, 6.07) is 1.20. The average molecular weight is 256 g/mol. The van der Waals surface area contributed by atoms with Gasteiger partial charge in [0.25, 0.3) is 9.05 Å². The fourth-order valence-corrected chi connectivity index (χ4v) is 1.97. The fraction of sp³-hybridized carbons (Fsp3) is 0.286. The van der Waals surface area contributed by atoms with Gasteiger partial charge < -0.3 is 4.74 Å². The Morgan fingerprint density at radius 3 is 2.71 bits per heavy atom. The van der Waals surface area contributed by atoms with Gasteiger partial charge in [0.15, 0.2) is 0 Å². The highest BCUT2D eigenvalue weighted by molar-refractivity contribution is 8.13. The molecule has 0 unspecified atom stereocenters. The van der Waals surface area contributed by atoms with E-state index in [0.29, 0.717) is 6.61 Å². The van der Waals surface area contributed by atoms with Gasteiger partial charge >= 0.3 is 0 Å². The van der Waals surface area contributed by atoms with Crippen LogP contribution in [0.3, 0.4) is 0 Å². The SMILES string of the molecule is CCOc1ncc(Cl)cc1S(=O)(=O)Cl. The molecule has 14 heavy (non-hydrogen) atoms. The van der Waals surface area contributed by atoms with E-state index >= 15 is 0 Å². The van der Waals surface area contributed by atoms with Crippen molar-refractivity contribution in [3.05, 3.63) is 17.3 Å². The van der Waals surface area contributed by atoms with Gasteiger partial charge in [0, 0.05) is 16.9 Å². The summed E-state index contributed by atoms with van der Waals surface area (Å²) >= 11 is 5.58. The lowest BCUT2D eigenvalue weighted by molar-refractivity contribution is 0.317. The summed E-state index contributed by atoms with van der Waals surface area (Å²) in [5.74, 6) is -0.0353. The van der Waals surface area contributed by atoms with E-state index in [4.69, 9.17) is 27.0 Å². The van der Waals surface area contributed by atoms with Gasteiger partial charge in [0.1, 0.15) is 4.90 Å². The molecule has 0 aliphatic carbocycles. The Hall–Kier alpha value is -0.520. The molecule has 0 bridgehead atoms. The summed E-state index contributed by atoms with van der Waals surface area (Å²) in [5, 5.41) is 0.188. The molecule has 1 aromatic rings. The molecule has 0 aliphatic heterocycles. The molecule has 0 amide bonds. The van der Waals surface area contributed by atoms with Gasteiger partial charge in [-0.25, -0.2) is 13.4 Å². The van der Waals surface area contributed by atoms with E-state index < -0.39 is 9.05 Å². The van der Waals surface area contributed by atoms with Crippen molar-refractivity contribution in [2.24, 2.45) is 0 Å². The van der Waals surface area contributed by atoms with Gasteiger partial charge in [-0.1, -0.05) is 11.6 Å². The van der Waals surface area contributed by atoms with E-state index in [9.17, 15) is 8.42 Å². The summed E-state index contributed by atoms with van der Waals surface area (Å²) in [6.45, 7) is 2.01. The molecule has 1 aromatic heterocycles. The zero-order chi connectivity index (χ0) is 10.8. The third-order valence-electron chi connectivity index (χ3n) is 1.33. The van der Waals surface area contributed by atoms with Crippen molar-refractivity contribution in [2.45, 2.75) is 11.8 Å². The summed E-state index contributed by atoms with van der Waals surface area (Å²) in [6.07, 6.45) is 1.29. The maximum Gasteiger partial charge on any atom is 0.266 e. The molecular formula is C7H7Cl2NO3S. The Labute approximate surface area is 91.2 Å². The number of aromatic nitrogens is 1. The maximum absolute atomic E-state index is 11.1. The average Bonchev–Trinajstić information content (AvgIpc) is 2.07. The van der Waals surface area contributed by atoms with Crippen LogP contribution >= 0.6 is 22.3 Å². The molecular weight excluding hydrogens is 249 g/mol. The first-order valence-corrected chi connectivity index (χ1v) is 6.37. The van der Waals surface area contributed by atoms with Crippen LogP contribution in [0.25, 0.3) is 0 Å². The molecule has 4 nitrogen and oxygen atoms in total. The van der Waals surface area contributed by atoms with Crippen LogP contribution in [0.1, 0.15) is 6.92 Å². The Morgan fingerprint density at radius 1 is 1.57 bits per heavy atom. The van der Waals surface area contributed by atoms with Crippen molar-refractivity contribution in [1.29, 1.82) is 0 Å². The first kappa shape index (κ1) is 11.6. The lowest BCUT2D eigenvalue weighted by atomic mass is 10.5. The molecule has 0 atom stereocenters. The number of halogens is 2. The van der Waals surface area contributed by atoms with E-state index in [-0.39, 0.29) is 15.8 Å². The van der Waals surface area contributed by atoms with E-state index in [2.05, 4.69) is 4.98 Å². The second-order valence-electron chi connectivity index (χ2n) is 2.33. The Balaban J connectivity index is 3.30. The van der Waals surface area contributed by atoms with Crippen molar-refractivity contribution < 1.29 is 13.2 Å². The topological polar surface area (TPSA) is 56.3 Å². The third-order valence-corrected chi connectivity index (χ3v) is 2.85. The van der Waals surface area contributed by atoms with Crippen molar-refractivity contribution in [1.82, 2.24) is 4.98 Å². The molecule has 0 aliphatic rings. The second kappa shape index (κ2) is 4.33. The highest BCUT2D eigenvalue weighted by atomic mass is 35.7. The van der Waals surface area contributed by atoms with Gasteiger partial charge in [0.05, 0.1) is 11.6 Å². The summed E-state index contributed by atoms with van der Waals surface area (Å²) < 4.78 is 27.1. The molecule has 0 fully saturated rings. The van der Waals surface area contributed by atoms with Gasteiger partial charge in [-0.2, -0.15) is 0 Å². The first-order chi connectivity index (χ1) is 6.45. The van der Waals surface area contributed by atoms with Gasteiger partial charge in [-0.05, 0) is 13.0 Å². The highest BCUT2D eigenvalue weighted by Crippen LogP contribution is 2.27. The lowest BCUT2D eigenvalue weighted by Gasteiger charge is -2.05. The Bertz CT molecular complexity index is 433. The van der Waals surface area contributed by atoms with Gasteiger partial charge in [0.2, 0.25) is 5.88 Å². The number of ether oxygens (including phenoxy) is 1. The molecule has 0 aromatic carbocycles. The number of nitrogens with zero attached hydrogens (tertiary/aromatic N) is 1. The number of hydrogen-bond donors (Lipinski definition) is 0. The first-order valence-electron chi connectivity index (χ1n) is 3.68. The van der Waals surface area contributed by atoms with Crippen molar-refractivity contribution in [2.75, 3.05) is 6.61 Å². The van der Waals surface area contributed by atoms with Crippen molar-refractivity contribution in [3.8, 4) is 5.88 Å². The van der Waals surface area contributed by atoms with Gasteiger partial charge in [-0.3, -0.25) is 0 Å². The largest absolute Gasteiger partial charge is 0.477 e. The standard InChI is InChI=1S/C7H7Cl2NO3S/c1-2-13-7-6(14(9,11)12)3-5(8)4-10-7/h3-4H,2H2,1H3. The Kier molecular flexibility index (Phi) is 3.58. The van der Waals surface area contributed by atoms with Crippen LogP contribution in [0, 0.1) is 0 Å². The lowest BCUT2D eigenvalue weighted by Crippen LogP contribution is -2.01. The summed E-state index contributed by atoms with van der Waals surface area (Å²) in [5.41, 5.74) is 0. The van der Waals surface area contributed by atoms with E-state index in [1.165, 1.54) is 12.3 Å². The van der Waals surface area contributed by atoms with Crippen LogP contribution in [0.15, 0.2) is 17.2 Å². The third kappa shape index (κ3) is 2.73. The molecule has 0 radical (unpaired) electrons. The molecule has 7 heteroatoms. The number of rotatable bonds is 3. The molecule has 0 N–H and O–H groups in total.